The van der Waals surface area contributed by atoms with Gasteiger partial charge in [-0.2, -0.15) is 5.12 Å². The Morgan fingerprint density at radius 3 is 2.69 bits per heavy atom. The number of halogens is 1. The molecule has 0 amide bonds. The highest BCUT2D eigenvalue weighted by atomic mass is 19.2. The maximum absolute atomic E-state index is 15.3. The Kier molecular flexibility index (Phi) is 5.30. The maximum atomic E-state index is 15.3. The standard InChI is InChI=1S/C22H25FN6O3/c1-26-10-12-27(13-11-26)16-4-7-19-18(14-16)22(24-15-2-3-15)25-20(28(19)23)8-5-17-6-9-21(32-17)29(30)31/h4-9,14-15,20H,2-3,10-13H2,1H3,(H,24,25)/b8-5+. The minimum absolute atomic E-state index is 0.271. The first-order chi connectivity index (χ1) is 15.5. The summed E-state index contributed by atoms with van der Waals surface area (Å²) in [6, 6.07) is 8.86. The lowest BCUT2D eigenvalue weighted by atomic mass is 10.1. The number of amidine groups is 1. The summed E-state index contributed by atoms with van der Waals surface area (Å²) in [4.78, 5) is 19.4. The highest BCUT2D eigenvalue weighted by Crippen LogP contribution is 2.34. The van der Waals surface area contributed by atoms with E-state index in [0.717, 1.165) is 50.3 Å². The van der Waals surface area contributed by atoms with Crippen LogP contribution in [0.1, 0.15) is 24.2 Å². The third-order valence-electron chi connectivity index (χ3n) is 5.97. The molecule has 1 atom stereocenters. The van der Waals surface area contributed by atoms with Crippen molar-refractivity contribution in [3.8, 4) is 0 Å². The van der Waals surface area contributed by atoms with Crippen molar-refractivity contribution in [2.75, 3.05) is 43.2 Å². The molecule has 1 saturated carbocycles. The molecule has 1 aliphatic carbocycles. The van der Waals surface area contributed by atoms with Gasteiger partial charge >= 0.3 is 5.88 Å². The molecule has 5 rings (SSSR count). The number of anilines is 2. The first-order valence-electron chi connectivity index (χ1n) is 10.8. The lowest BCUT2D eigenvalue weighted by molar-refractivity contribution is -0.402. The summed E-state index contributed by atoms with van der Waals surface area (Å²) in [5.41, 5.74) is 2.25. The van der Waals surface area contributed by atoms with Gasteiger partial charge in [0.1, 0.15) is 16.5 Å². The molecule has 10 heteroatoms. The van der Waals surface area contributed by atoms with Crippen LogP contribution in [0.15, 0.2) is 45.8 Å². The smallest absolute Gasteiger partial charge is 0.401 e. The van der Waals surface area contributed by atoms with Gasteiger partial charge in [-0.15, -0.1) is 0 Å². The molecule has 1 N–H and O–H groups in total. The molecule has 1 saturated heterocycles. The number of furan rings is 1. The van der Waals surface area contributed by atoms with Crippen molar-refractivity contribution in [3.05, 3.63) is 57.8 Å². The molecule has 1 aromatic heterocycles. The number of benzene rings is 1. The molecule has 1 unspecified atom stereocenters. The van der Waals surface area contributed by atoms with Gasteiger partial charge in [0, 0.05) is 43.5 Å². The van der Waals surface area contributed by atoms with E-state index in [1.54, 1.807) is 6.07 Å². The van der Waals surface area contributed by atoms with Crippen LogP contribution in [0.25, 0.3) is 6.08 Å². The number of nitro groups is 1. The SMILES string of the molecule is CN1CCN(c2ccc3c(c2)C(NC2CC2)=NC(/C=C/c2ccc([N+](=O)[O-])o2)N3F)CC1. The maximum Gasteiger partial charge on any atom is 0.433 e. The van der Waals surface area contributed by atoms with Crippen molar-refractivity contribution in [1.82, 2.24) is 10.2 Å². The lowest BCUT2D eigenvalue weighted by Crippen LogP contribution is -2.44. The molecule has 168 valence electrons. The first-order valence-corrected chi connectivity index (χ1v) is 10.8. The monoisotopic (exact) mass is 440 g/mol. The van der Waals surface area contributed by atoms with Crippen LogP contribution >= 0.6 is 0 Å². The third kappa shape index (κ3) is 4.18. The third-order valence-corrected chi connectivity index (χ3v) is 5.97. The Balaban J connectivity index is 1.42. The van der Waals surface area contributed by atoms with Gasteiger partial charge in [-0.05, 0) is 56.3 Å². The predicted octanol–water partition coefficient (Wildman–Crippen LogP) is 3.18. The topological polar surface area (TPSA) is 90.4 Å². The van der Waals surface area contributed by atoms with E-state index in [0.29, 0.717) is 22.7 Å². The Labute approximate surface area is 184 Å². The molecule has 0 spiro atoms. The number of hydrogen-bond acceptors (Lipinski definition) is 8. The summed E-state index contributed by atoms with van der Waals surface area (Å²) >= 11 is 0. The fourth-order valence-corrected chi connectivity index (χ4v) is 3.92. The molecular weight excluding hydrogens is 415 g/mol. The number of fused-ring (bicyclic) bond motifs is 1. The van der Waals surface area contributed by atoms with Crippen LogP contribution < -0.4 is 15.3 Å². The summed E-state index contributed by atoms with van der Waals surface area (Å²) in [6.07, 6.45) is 4.29. The van der Waals surface area contributed by atoms with Gasteiger partial charge in [-0.1, -0.05) is 4.48 Å². The molecule has 3 heterocycles. The number of nitrogens with zero attached hydrogens (tertiary/aromatic N) is 5. The number of piperazine rings is 1. The van der Waals surface area contributed by atoms with Crippen molar-refractivity contribution >= 4 is 29.2 Å². The van der Waals surface area contributed by atoms with Gasteiger partial charge in [0.2, 0.25) is 0 Å². The molecule has 2 aliphatic heterocycles. The highest BCUT2D eigenvalue weighted by molar-refractivity contribution is 6.06. The zero-order valence-electron chi connectivity index (χ0n) is 17.8. The predicted molar refractivity (Wildman–Crippen MR) is 121 cm³/mol. The zero-order valence-corrected chi connectivity index (χ0v) is 17.8. The molecule has 32 heavy (non-hydrogen) atoms. The number of aliphatic imine (C=N–C) groups is 1. The average Bonchev–Trinajstić information content (AvgIpc) is 3.48. The summed E-state index contributed by atoms with van der Waals surface area (Å²) in [5.74, 6) is 0.590. The number of hydrogen-bond donors (Lipinski definition) is 1. The highest BCUT2D eigenvalue weighted by Gasteiger charge is 2.31. The first kappa shape index (κ1) is 20.5. The molecule has 0 radical (unpaired) electrons. The van der Waals surface area contributed by atoms with Crippen molar-refractivity contribution in [1.29, 1.82) is 0 Å². The van der Waals surface area contributed by atoms with Crippen LogP contribution in [0.3, 0.4) is 0 Å². The average molecular weight is 440 g/mol. The van der Waals surface area contributed by atoms with Gasteiger partial charge < -0.3 is 19.5 Å². The van der Waals surface area contributed by atoms with Crippen LogP contribution in [0, 0.1) is 10.1 Å². The van der Waals surface area contributed by atoms with E-state index in [2.05, 4.69) is 27.2 Å². The summed E-state index contributed by atoms with van der Waals surface area (Å²) < 4.78 is 20.4. The zero-order chi connectivity index (χ0) is 22.2. The molecule has 1 aromatic carbocycles. The summed E-state index contributed by atoms with van der Waals surface area (Å²) in [6.45, 7) is 3.84. The Hall–Kier alpha value is -3.40. The van der Waals surface area contributed by atoms with Crippen molar-refractivity contribution in [3.63, 3.8) is 0 Å². The fraction of sp³-hybridized carbons (Fsp3) is 0.409. The molecule has 2 aromatic rings. The Morgan fingerprint density at radius 1 is 1.22 bits per heavy atom. The number of likely N-dealkylation sites (N-methyl/N-ethyl adjacent to an activating group) is 1. The lowest BCUT2D eigenvalue weighted by Gasteiger charge is -2.35. The van der Waals surface area contributed by atoms with E-state index < -0.39 is 11.1 Å². The van der Waals surface area contributed by atoms with Crippen LogP contribution in [0.5, 0.6) is 0 Å². The molecule has 0 bridgehead atoms. The van der Waals surface area contributed by atoms with Gasteiger partial charge in [-0.3, -0.25) is 10.1 Å². The Morgan fingerprint density at radius 2 is 2.00 bits per heavy atom. The van der Waals surface area contributed by atoms with E-state index in [1.165, 1.54) is 24.3 Å². The number of rotatable bonds is 5. The quantitative estimate of drug-likeness (QED) is 0.434. The van der Waals surface area contributed by atoms with Crippen LogP contribution in [-0.4, -0.2) is 61.1 Å². The summed E-state index contributed by atoms with van der Waals surface area (Å²) in [7, 11) is 2.12. The van der Waals surface area contributed by atoms with E-state index in [1.807, 2.05) is 12.1 Å². The second-order valence-corrected chi connectivity index (χ2v) is 8.41. The minimum atomic E-state index is -0.901. The molecule has 2 fully saturated rings. The number of nitrogens with one attached hydrogen (secondary N) is 1. The van der Waals surface area contributed by atoms with E-state index >= 15 is 4.48 Å². The van der Waals surface area contributed by atoms with Crippen LogP contribution in [-0.2, 0) is 0 Å². The fourth-order valence-electron chi connectivity index (χ4n) is 3.92. The van der Waals surface area contributed by atoms with Crippen LogP contribution in [0.4, 0.5) is 21.7 Å². The van der Waals surface area contributed by atoms with Gasteiger partial charge in [0.15, 0.2) is 6.17 Å². The van der Waals surface area contributed by atoms with E-state index in [9.17, 15) is 10.1 Å². The normalized spacial score (nSPS) is 21.6. The molecule has 9 nitrogen and oxygen atoms in total. The van der Waals surface area contributed by atoms with Crippen molar-refractivity contribution in [2.24, 2.45) is 4.99 Å². The minimum Gasteiger partial charge on any atom is -0.401 e. The molecular formula is C22H25FN6O3. The largest absolute Gasteiger partial charge is 0.433 e. The second kappa shape index (κ2) is 8.27. The Bertz CT molecular complexity index is 1070. The van der Waals surface area contributed by atoms with E-state index in [-0.39, 0.29) is 11.6 Å². The van der Waals surface area contributed by atoms with Crippen molar-refractivity contribution in [2.45, 2.75) is 25.0 Å². The second-order valence-electron chi connectivity index (χ2n) is 8.41. The summed E-state index contributed by atoms with van der Waals surface area (Å²) in [5, 5.41) is 14.9. The van der Waals surface area contributed by atoms with Crippen LogP contribution in [0.2, 0.25) is 0 Å². The van der Waals surface area contributed by atoms with Gasteiger partial charge in [0.05, 0.1) is 11.8 Å². The van der Waals surface area contributed by atoms with Gasteiger partial charge in [-0.25, -0.2) is 4.99 Å². The van der Waals surface area contributed by atoms with Crippen molar-refractivity contribution < 1.29 is 13.8 Å². The van der Waals surface area contributed by atoms with Gasteiger partial charge in [0.25, 0.3) is 0 Å². The molecule has 3 aliphatic rings. The van der Waals surface area contributed by atoms with E-state index in [4.69, 9.17) is 4.42 Å².